The number of guanidine groups is 1. The van der Waals surface area contributed by atoms with E-state index in [0.717, 1.165) is 84.1 Å². The Balaban J connectivity index is 1.66. The van der Waals surface area contributed by atoms with Crippen molar-refractivity contribution >= 4 is 5.96 Å². The van der Waals surface area contributed by atoms with Gasteiger partial charge in [-0.2, -0.15) is 0 Å². The summed E-state index contributed by atoms with van der Waals surface area (Å²) in [6, 6.07) is 0. The first-order chi connectivity index (χ1) is 13.8. The fourth-order valence-electron chi connectivity index (χ4n) is 4.01. The summed E-state index contributed by atoms with van der Waals surface area (Å²) in [4.78, 5) is 9.77. The lowest BCUT2D eigenvalue weighted by Crippen LogP contribution is -2.47. The number of unbranched alkanes of at least 4 members (excludes halogenated alkanes) is 1. The van der Waals surface area contributed by atoms with Gasteiger partial charge in [0.2, 0.25) is 0 Å². The van der Waals surface area contributed by atoms with Crippen LogP contribution < -0.4 is 5.32 Å². The van der Waals surface area contributed by atoms with Crippen LogP contribution in [0.3, 0.4) is 0 Å². The van der Waals surface area contributed by atoms with Crippen molar-refractivity contribution in [3.63, 3.8) is 0 Å². The van der Waals surface area contributed by atoms with E-state index in [1.54, 1.807) is 0 Å². The molecule has 0 aromatic carbocycles. The van der Waals surface area contributed by atoms with Gasteiger partial charge in [-0.3, -0.25) is 4.99 Å². The number of nitrogens with zero attached hydrogens (tertiary/aromatic N) is 3. The van der Waals surface area contributed by atoms with E-state index in [-0.39, 0.29) is 0 Å². The number of nitrogens with one attached hydrogen (secondary N) is 1. The first kappa shape index (κ1) is 23.4. The van der Waals surface area contributed by atoms with Crippen LogP contribution in [0.5, 0.6) is 0 Å². The van der Waals surface area contributed by atoms with Crippen molar-refractivity contribution in [1.29, 1.82) is 0 Å². The Morgan fingerprint density at radius 2 is 1.89 bits per heavy atom. The van der Waals surface area contributed by atoms with Crippen LogP contribution in [0.25, 0.3) is 0 Å². The first-order valence-corrected chi connectivity index (χ1v) is 11.8. The fourth-order valence-corrected chi connectivity index (χ4v) is 4.01. The van der Waals surface area contributed by atoms with E-state index >= 15 is 0 Å². The fraction of sp³-hybridized carbons (Fsp3) is 0.955. The zero-order chi connectivity index (χ0) is 20.0. The number of hydrogen-bond donors (Lipinski definition) is 1. The maximum Gasteiger partial charge on any atom is 0.193 e. The second-order valence-electron chi connectivity index (χ2n) is 7.98. The van der Waals surface area contributed by atoms with E-state index in [1.807, 2.05) is 0 Å². The third-order valence-corrected chi connectivity index (χ3v) is 5.91. The summed E-state index contributed by atoms with van der Waals surface area (Å²) in [6.07, 6.45) is 8.89. The van der Waals surface area contributed by atoms with Gasteiger partial charge < -0.3 is 24.6 Å². The Morgan fingerprint density at radius 1 is 1.11 bits per heavy atom. The van der Waals surface area contributed by atoms with Crippen molar-refractivity contribution in [1.82, 2.24) is 15.1 Å². The molecule has 2 rings (SSSR count). The van der Waals surface area contributed by atoms with Crippen LogP contribution >= 0.6 is 0 Å². The zero-order valence-corrected chi connectivity index (χ0v) is 18.6. The molecule has 6 nitrogen and oxygen atoms in total. The highest BCUT2D eigenvalue weighted by atomic mass is 16.5. The Hall–Kier alpha value is -0.850. The van der Waals surface area contributed by atoms with E-state index < -0.39 is 0 Å². The molecule has 2 aliphatic heterocycles. The predicted octanol–water partition coefficient (Wildman–Crippen LogP) is 3.12. The standard InChI is InChI=1S/C22H44N4O2/c1-4-23-22(24-14-8-9-15-25(5-2)6-3)26-16-12-20(13-17-26)28-19-21-11-7-10-18-27-21/h20-21H,4-19H2,1-3H3,(H,23,24). The summed E-state index contributed by atoms with van der Waals surface area (Å²) < 4.78 is 11.9. The quantitative estimate of drug-likeness (QED) is 0.330. The maximum absolute atomic E-state index is 6.15. The first-order valence-electron chi connectivity index (χ1n) is 11.8. The number of likely N-dealkylation sites (tertiary alicyclic amines) is 1. The van der Waals surface area contributed by atoms with Crippen molar-refractivity contribution in [3.8, 4) is 0 Å². The van der Waals surface area contributed by atoms with Crippen LogP contribution in [0, 0.1) is 0 Å². The number of piperidine rings is 1. The van der Waals surface area contributed by atoms with Gasteiger partial charge in [-0.05, 0) is 71.5 Å². The minimum Gasteiger partial charge on any atom is -0.376 e. The molecular formula is C22H44N4O2. The van der Waals surface area contributed by atoms with Crippen molar-refractivity contribution in [2.75, 3.05) is 59.0 Å². The monoisotopic (exact) mass is 396 g/mol. The maximum atomic E-state index is 6.15. The summed E-state index contributed by atoms with van der Waals surface area (Å²) in [7, 11) is 0. The zero-order valence-electron chi connectivity index (χ0n) is 18.6. The summed E-state index contributed by atoms with van der Waals surface area (Å²) in [5, 5.41) is 3.48. The number of ether oxygens (including phenoxy) is 2. The lowest BCUT2D eigenvalue weighted by atomic mass is 10.1. The molecule has 0 aliphatic carbocycles. The molecule has 1 atom stereocenters. The van der Waals surface area contributed by atoms with Crippen molar-refractivity contribution in [2.45, 2.75) is 77.9 Å². The Bertz CT molecular complexity index is 415. The lowest BCUT2D eigenvalue weighted by Gasteiger charge is -2.35. The summed E-state index contributed by atoms with van der Waals surface area (Å²) in [6.45, 7) is 15.7. The van der Waals surface area contributed by atoms with Gasteiger partial charge >= 0.3 is 0 Å². The topological polar surface area (TPSA) is 49.3 Å². The Kier molecular flexibility index (Phi) is 11.9. The van der Waals surface area contributed by atoms with Crippen molar-refractivity contribution < 1.29 is 9.47 Å². The molecule has 1 N–H and O–H groups in total. The molecule has 6 heteroatoms. The molecule has 0 bridgehead atoms. The molecule has 164 valence electrons. The van der Waals surface area contributed by atoms with Crippen LogP contribution in [0.4, 0.5) is 0 Å². The van der Waals surface area contributed by atoms with Crippen LogP contribution in [0.15, 0.2) is 4.99 Å². The molecule has 2 fully saturated rings. The number of rotatable bonds is 11. The summed E-state index contributed by atoms with van der Waals surface area (Å²) in [5.41, 5.74) is 0. The average molecular weight is 397 g/mol. The second kappa shape index (κ2) is 14.2. The molecule has 2 aliphatic rings. The highest BCUT2D eigenvalue weighted by Crippen LogP contribution is 2.18. The molecule has 2 heterocycles. The number of hydrogen-bond acceptors (Lipinski definition) is 4. The SMILES string of the molecule is CCNC(=NCCCCN(CC)CC)N1CCC(OCC2CCCCO2)CC1. The van der Waals surface area contributed by atoms with Gasteiger partial charge in [0, 0.05) is 32.8 Å². The molecule has 0 radical (unpaired) electrons. The van der Waals surface area contributed by atoms with Crippen LogP contribution in [0.1, 0.15) is 65.7 Å². The van der Waals surface area contributed by atoms with E-state index in [1.165, 1.54) is 25.8 Å². The molecule has 2 saturated heterocycles. The molecule has 0 aromatic rings. The van der Waals surface area contributed by atoms with Gasteiger partial charge in [-0.25, -0.2) is 0 Å². The molecule has 0 amide bonds. The molecule has 28 heavy (non-hydrogen) atoms. The van der Waals surface area contributed by atoms with Crippen LogP contribution in [-0.4, -0.2) is 87.0 Å². The normalized spacial score (nSPS) is 22.1. The van der Waals surface area contributed by atoms with Gasteiger partial charge in [-0.15, -0.1) is 0 Å². The Labute approximate surface area is 173 Å². The largest absolute Gasteiger partial charge is 0.376 e. The van der Waals surface area contributed by atoms with Gasteiger partial charge in [0.05, 0.1) is 18.8 Å². The minimum atomic E-state index is 0.321. The Morgan fingerprint density at radius 3 is 2.54 bits per heavy atom. The molecule has 0 spiro atoms. The molecule has 0 saturated carbocycles. The van der Waals surface area contributed by atoms with Gasteiger partial charge in [0.15, 0.2) is 5.96 Å². The van der Waals surface area contributed by atoms with E-state index in [0.29, 0.717) is 12.2 Å². The predicted molar refractivity (Wildman–Crippen MR) is 117 cm³/mol. The van der Waals surface area contributed by atoms with Crippen molar-refractivity contribution in [2.24, 2.45) is 4.99 Å². The molecule has 0 aromatic heterocycles. The van der Waals surface area contributed by atoms with E-state index in [2.05, 4.69) is 35.9 Å². The lowest BCUT2D eigenvalue weighted by molar-refractivity contribution is -0.0721. The number of aliphatic imine (C=N–C) groups is 1. The summed E-state index contributed by atoms with van der Waals surface area (Å²) >= 11 is 0. The highest BCUT2D eigenvalue weighted by molar-refractivity contribution is 5.80. The van der Waals surface area contributed by atoms with Crippen molar-refractivity contribution in [3.05, 3.63) is 0 Å². The minimum absolute atomic E-state index is 0.321. The molecule has 1 unspecified atom stereocenters. The van der Waals surface area contributed by atoms with Gasteiger partial charge in [-0.1, -0.05) is 13.8 Å². The second-order valence-corrected chi connectivity index (χ2v) is 7.98. The third kappa shape index (κ3) is 8.66. The smallest absolute Gasteiger partial charge is 0.193 e. The molecular weight excluding hydrogens is 352 g/mol. The van der Waals surface area contributed by atoms with E-state index in [4.69, 9.17) is 14.5 Å². The highest BCUT2D eigenvalue weighted by Gasteiger charge is 2.23. The van der Waals surface area contributed by atoms with Crippen LogP contribution in [0.2, 0.25) is 0 Å². The van der Waals surface area contributed by atoms with E-state index in [9.17, 15) is 0 Å². The summed E-state index contributed by atoms with van der Waals surface area (Å²) in [5.74, 6) is 1.08. The average Bonchev–Trinajstić information content (AvgIpc) is 2.75. The van der Waals surface area contributed by atoms with Crippen LogP contribution in [-0.2, 0) is 9.47 Å². The van der Waals surface area contributed by atoms with Gasteiger partial charge in [0.25, 0.3) is 0 Å². The van der Waals surface area contributed by atoms with Gasteiger partial charge in [0.1, 0.15) is 0 Å². The third-order valence-electron chi connectivity index (χ3n) is 5.91.